The Morgan fingerprint density at radius 1 is 1.33 bits per heavy atom. The number of unbranched alkanes of at least 4 members (excludes halogenated alkanes) is 1. The summed E-state index contributed by atoms with van der Waals surface area (Å²) in [6.07, 6.45) is 4.32. The van der Waals surface area contributed by atoms with E-state index in [2.05, 4.69) is 28.3 Å². The first-order valence-corrected chi connectivity index (χ1v) is 7.36. The Labute approximate surface area is 123 Å². The molecule has 1 aliphatic rings. The highest BCUT2D eigenvalue weighted by Gasteiger charge is 2.27. The van der Waals surface area contributed by atoms with Gasteiger partial charge in [-0.15, -0.1) is 0 Å². The van der Waals surface area contributed by atoms with Crippen molar-refractivity contribution >= 4 is 5.97 Å². The molecule has 1 atom stereocenters. The van der Waals surface area contributed by atoms with Gasteiger partial charge in [0.1, 0.15) is 0 Å². The van der Waals surface area contributed by atoms with E-state index in [-0.39, 0.29) is 12.3 Å². The molecule has 0 saturated carbocycles. The molecule has 1 N–H and O–H groups in total. The Bertz CT molecular complexity index is 636. The van der Waals surface area contributed by atoms with Crippen LogP contribution in [-0.4, -0.2) is 21.2 Å². The molecule has 21 heavy (non-hydrogen) atoms. The van der Waals surface area contributed by atoms with Crippen molar-refractivity contribution in [3.05, 3.63) is 47.1 Å². The zero-order chi connectivity index (χ0) is 14.7. The summed E-state index contributed by atoms with van der Waals surface area (Å²) in [5, 5.41) is 12.7. The van der Waals surface area contributed by atoms with E-state index in [4.69, 9.17) is 9.63 Å². The van der Waals surface area contributed by atoms with Crippen LogP contribution in [0.3, 0.4) is 0 Å². The average molecular weight is 286 g/mol. The van der Waals surface area contributed by atoms with Gasteiger partial charge in [0.25, 0.3) is 0 Å². The molecule has 2 aromatic rings. The fourth-order valence-electron chi connectivity index (χ4n) is 2.89. The van der Waals surface area contributed by atoms with E-state index in [1.54, 1.807) is 0 Å². The van der Waals surface area contributed by atoms with Crippen LogP contribution in [-0.2, 0) is 17.6 Å². The number of aryl methyl sites for hydroxylation is 2. The fourth-order valence-corrected chi connectivity index (χ4v) is 2.89. The van der Waals surface area contributed by atoms with Crippen molar-refractivity contribution in [2.75, 3.05) is 0 Å². The van der Waals surface area contributed by atoms with Gasteiger partial charge in [0, 0.05) is 18.8 Å². The molecule has 1 aliphatic carbocycles. The minimum absolute atomic E-state index is 0.191. The number of fused-ring (bicyclic) bond motifs is 1. The molecule has 1 heterocycles. The van der Waals surface area contributed by atoms with E-state index in [0.717, 1.165) is 25.1 Å². The molecule has 110 valence electrons. The highest BCUT2D eigenvalue weighted by atomic mass is 16.5. The van der Waals surface area contributed by atoms with Gasteiger partial charge in [-0.1, -0.05) is 29.4 Å². The van der Waals surface area contributed by atoms with E-state index in [1.165, 1.54) is 11.1 Å². The van der Waals surface area contributed by atoms with Gasteiger partial charge in [0.05, 0.1) is 0 Å². The summed E-state index contributed by atoms with van der Waals surface area (Å²) in [5.41, 5.74) is 2.67. The molecule has 0 spiro atoms. The van der Waals surface area contributed by atoms with Gasteiger partial charge in [0.15, 0.2) is 5.82 Å². The van der Waals surface area contributed by atoms with Crippen LogP contribution in [0.1, 0.15) is 54.4 Å². The van der Waals surface area contributed by atoms with Crippen LogP contribution in [0.5, 0.6) is 0 Å². The molecule has 0 aliphatic heterocycles. The third-order valence-electron chi connectivity index (χ3n) is 3.96. The van der Waals surface area contributed by atoms with E-state index in [0.29, 0.717) is 18.7 Å². The predicted octanol–water partition coefficient (Wildman–Crippen LogP) is 2.95. The average Bonchev–Trinajstić information content (AvgIpc) is 3.09. The summed E-state index contributed by atoms with van der Waals surface area (Å²) in [5.74, 6) is 0.842. The molecule has 0 amide bonds. The second-order valence-electron chi connectivity index (χ2n) is 5.44. The molecule has 0 bridgehead atoms. The van der Waals surface area contributed by atoms with Gasteiger partial charge >= 0.3 is 5.97 Å². The number of carboxylic acid groups (broad SMARTS) is 1. The molecular formula is C16H18N2O3. The number of hydrogen-bond acceptors (Lipinski definition) is 4. The predicted molar refractivity (Wildman–Crippen MR) is 76.1 cm³/mol. The van der Waals surface area contributed by atoms with Crippen molar-refractivity contribution in [1.82, 2.24) is 10.1 Å². The number of aromatic nitrogens is 2. The Hall–Kier alpha value is -2.17. The minimum atomic E-state index is -0.760. The molecule has 0 radical (unpaired) electrons. The number of aliphatic carboxylic acids is 1. The molecule has 0 fully saturated rings. The summed E-state index contributed by atoms with van der Waals surface area (Å²) in [4.78, 5) is 14.9. The van der Waals surface area contributed by atoms with Crippen molar-refractivity contribution in [2.45, 2.75) is 44.4 Å². The van der Waals surface area contributed by atoms with Crippen LogP contribution in [0.4, 0.5) is 0 Å². The third kappa shape index (κ3) is 3.12. The molecular weight excluding hydrogens is 268 g/mol. The monoisotopic (exact) mass is 286 g/mol. The Balaban J connectivity index is 1.62. The fraction of sp³-hybridized carbons (Fsp3) is 0.438. The van der Waals surface area contributed by atoms with Crippen LogP contribution in [0.15, 0.2) is 28.8 Å². The maximum atomic E-state index is 10.5. The van der Waals surface area contributed by atoms with Gasteiger partial charge in [-0.05, 0) is 36.8 Å². The van der Waals surface area contributed by atoms with Gasteiger partial charge in [-0.3, -0.25) is 4.79 Å². The van der Waals surface area contributed by atoms with E-state index in [1.807, 2.05) is 6.07 Å². The molecule has 1 aromatic heterocycles. The number of rotatable bonds is 6. The van der Waals surface area contributed by atoms with Gasteiger partial charge < -0.3 is 9.63 Å². The lowest BCUT2D eigenvalue weighted by Gasteiger charge is -2.05. The van der Waals surface area contributed by atoms with Crippen LogP contribution < -0.4 is 0 Å². The van der Waals surface area contributed by atoms with Crippen molar-refractivity contribution in [3.8, 4) is 0 Å². The van der Waals surface area contributed by atoms with E-state index in [9.17, 15) is 4.79 Å². The molecule has 3 rings (SSSR count). The number of carbonyl (C=O) groups is 1. The van der Waals surface area contributed by atoms with E-state index < -0.39 is 5.97 Å². The summed E-state index contributed by atoms with van der Waals surface area (Å²) >= 11 is 0. The highest BCUT2D eigenvalue weighted by Crippen LogP contribution is 2.36. The number of nitrogens with zero attached hydrogens (tertiary/aromatic N) is 2. The minimum Gasteiger partial charge on any atom is -0.481 e. The molecule has 1 unspecified atom stereocenters. The Kier molecular flexibility index (Phi) is 3.99. The molecule has 0 saturated heterocycles. The van der Waals surface area contributed by atoms with Gasteiger partial charge in [0.2, 0.25) is 5.89 Å². The van der Waals surface area contributed by atoms with Crippen LogP contribution >= 0.6 is 0 Å². The first-order valence-electron chi connectivity index (χ1n) is 7.36. The smallest absolute Gasteiger partial charge is 0.303 e. The summed E-state index contributed by atoms with van der Waals surface area (Å²) in [6.45, 7) is 0. The largest absolute Gasteiger partial charge is 0.481 e. The quantitative estimate of drug-likeness (QED) is 0.826. The number of hydrogen-bond donors (Lipinski definition) is 1. The van der Waals surface area contributed by atoms with Crippen molar-refractivity contribution in [3.63, 3.8) is 0 Å². The normalized spacial score (nSPS) is 16.9. The Morgan fingerprint density at radius 2 is 2.19 bits per heavy atom. The topological polar surface area (TPSA) is 76.2 Å². The maximum Gasteiger partial charge on any atom is 0.303 e. The number of benzene rings is 1. The maximum absolute atomic E-state index is 10.5. The van der Waals surface area contributed by atoms with Gasteiger partial charge in [-0.2, -0.15) is 4.98 Å². The molecule has 5 nitrogen and oxygen atoms in total. The lowest BCUT2D eigenvalue weighted by molar-refractivity contribution is -0.137. The second kappa shape index (κ2) is 6.08. The van der Waals surface area contributed by atoms with Crippen molar-refractivity contribution in [2.24, 2.45) is 0 Å². The molecule has 5 heteroatoms. The SMILES string of the molecule is O=C(O)CCCCc1nc(C2CCc3ccccc32)no1. The lowest BCUT2D eigenvalue weighted by atomic mass is 10.0. The number of carboxylic acids is 1. The van der Waals surface area contributed by atoms with Gasteiger partial charge in [-0.25, -0.2) is 0 Å². The zero-order valence-electron chi connectivity index (χ0n) is 11.8. The Morgan fingerprint density at radius 3 is 3.05 bits per heavy atom. The lowest BCUT2D eigenvalue weighted by Crippen LogP contribution is -1.99. The summed E-state index contributed by atoms with van der Waals surface area (Å²) < 4.78 is 5.29. The third-order valence-corrected chi connectivity index (χ3v) is 3.96. The summed E-state index contributed by atoms with van der Waals surface area (Å²) in [6, 6.07) is 8.40. The van der Waals surface area contributed by atoms with Crippen molar-refractivity contribution < 1.29 is 14.4 Å². The summed E-state index contributed by atoms with van der Waals surface area (Å²) in [7, 11) is 0. The van der Waals surface area contributed by atoms with Crippen LogP contribution in [0.2, 0.25) is 0 Å². The standard InChI is InChI=1S/C16H18N2O3/c19-15(20)8-4-3-7-14-17-16(18-21-14)13-10-9-11-5-1-2-6-12(11)13/h1-2,5-6,13H,3-4,7-10H2,(H,19,20). The first-order chi connectivity index (χ1) is 10.2. The van der Waals surface area contributed by atoms with Crippen LogP contribution in [0, 0.1) is 0 Å². The molecule has 1 aromatic carbocycles. The van der Waals surface area contributed by atoms with Crippen LogP contribution in [0.25, 0.3) is 0 Å². The second-order valence-corrected chi connectivity index (χ2v) is 5.44. The van der Waals surface area contributed by atoms with Crippen molar-refractivity contribution in [1.29, 1.82) is 0 Å². The van der Waals surface area contributed by atoms with E-state index >= 15 is 0 Å². The first kappa shape index (κ1) is 13.8. The highest BCUT2D eigenvalue weighted by molar-refractivity contribution is 5.66. The zero-order valence-corrected chi connectivity index (χ0v) is 11.8.